The number of halogens is 1. The average Bonchev–Trinajstić information content (AvgIpc) is 2.61. The maximum Gasteiger partial charge on any atom is 0.253 e. The highest BCUT2D eigenvalue weighted by molar-refractivity contribution is 7.99. The van der Waals surface area contributed by atoms with Gasteiger partial charge in [-0.25, -0.2) is 0 Å². The first kappa shape index (κ1) is 20.1. The molecule has 0 atom stereocenters. The molecule has 0 fully saturated rings. The summed E-state index contributed by atoms with van der Waals surface area (Å²) in [5.41, 5.74) is 1.25. The lowest BCUT2D eigenvalue weighted by Gasteiger charge is -2.11. The Morgan fingerprint density at radius 1 is 1.15 bits per heavy atom. The lowest BCUT2D eigenvalue weighted by atomic mass is 10.2. The molecule has 0 aliphatic heterocycles. The molecule has 2 rings (SSSR count). The first-order valence-electron chi connectivity index (χ1n) is 8.03. The van der Waals surface area contributed by atoms with Gasteiger partial charge in [0, 0.05) is 36.1 Å². The monoisotopic (exact) mass is 392 g/mol. The Bertz CT molecular complexity index is 751. The third kappa shape index (κ3) is 6.61. The number of amides is 2. The second-order valence-electron chi connectivity index (χ2n) is 5.68. The fraction of sp³-hybridized carbons (Fsp3) is 0.263. The number of anilines is 1. The van der Waals surface area contributed by atoms with E-state index in [1.54, 1.807) is 50.5 Å². The van der Waals surface area contributed by atoms with Crippen molar-refractivity contribution in [3.63, 3.8) is 0 Å². The third-order valence-electron chi connectivity index (χ3n) is 3.35. The van der Waals surface area contributed by atoms with Gasteiger partial charge in [0.1, 0.15) is 5.75 Å². The number of nitrogens with zero attached hydrogens (tertiary/aromatic N) is 1. The highest BCUT2D eigenvalue weighted by Crippen LogP contribution is 2.17. The van der Waals surface area contributed by atoms with Gasteiger partial charge in [-0.05, 0) is 42.5 Å². The van der Waals surface area contributed by atoms with Crippen molar-refractivity contribution in [3.05, 3.63) is 59.1 Å². The number of hydrogen-bond acceptors (Lipinski definition) is 4. The Balaban J connectivity index is 1.68. The van der Waals surface area contributed by atoms with Gasteiger partial charge in [0.15, 0.2) is 0 Å². The van der Waals surface area contributed by atoms with Crippen LogP contribution in [-0.4, -0.2) is 48.9 Å². The van der Waals surface area contributed by atoms with Crippen molar-refractivity contribution in [3.8, 4) is 5.75 Å². The molecule has 2 aromatic rings. The molecule has 26 heavy (non-hydrogen) atoms. The molecular weight excluding hydrogens is 372 g/mol. The Kier molecular flexibility index (Phi) is 7.81. The molecule has 2 aromatic carbocycles. The second kappa shape index (κ2) is 10.1. The van der Waals surface area contributed by atoms with Crippen LogP contribution in [0.2, 0.25) is 5.02 Å². The molecule has 0 aliphatic rings. The topological polar surface area (TPSA) is 58.6 Å². The summed E-state index contributed by atoms with van der Waals surface area (Å²) in [6, 6.07) is 14.1. The first-order valence-corrected chi connectivity index (χ1v) is 9.56. The summed E-state index contributed by atoms with van der Waals surface area (Å²) >= 11 is 7.37. The second-order valence-corrected chi connectivity index (χ2v) is 7.23. The molecule has 0 aliphatic carbocycles. The number of thioether (sulfide) groups is 1. The van der Waals surface area contributed by atoms with Crippen LogP contribution in [0.3, 0.4) is 0 Å². The standard InChI is InChI=1S/C19H21ClN2O3S/c1-22(2)19(24)14-6-8-16(9-7-14)21-18(23)13-26-11-10-25-17-5-3-4-15(20)12-17/h3-9,12H,10-11,13H2,1-2H3,(H,21,23). The van der Waals surface area contributed by atoms with E-state index in [9.17, 15) is 9.59 Å². The predicted octanol–water partition coefficient (Wildman–Crippen LogP) is 3.79. The smallest absolute Gasteiger partial charge is 0.253 e. The molecule has 0 radical (unpaired) electrons. The number of carbonyl (C=O) groups excluding carboxylic acids is 2. The van der Waals surface area contributed by atoms with E-state index >= 15 is 0 Å². The predicted molar refractivity (Wildman–Crippen MR) is 107 cm³/mol. The molecule has 0 saturated carbocycles. The molecule has 0 unspecified atom stereocenters. The van der Waals surface area contributed by atoms with Crippen LogP contribution in [0.4, 0.5) is 5.69 Å². The Morgan fingerprint density at radius 3 is 2.54 bits per heavy atom. The number of ether oxygens (including phenoxy) is 1. The van der Waals surface area contributed by atoms with Crippen LogP contribution in [0.25, 0.3) is 0 Å². The van der Waals surface area contributed by atoms with Crippen molar-refractivity contribution in [1.29, 1.82) is 0 Å². The zero-order valence-electron chi connectivity index (χ0n) is 14.7. The van der Waals surface area contributed by atoms with Gasteiger partial charge < -0.3 is 15.0 Å². The van der Waals surface area contributed by atoms with Crippen LogP contribution in [-0.2, 0) is 4.79 Å². The lowest BCUT2D eigenvalue weighted by molar-refractivity contribution is -0.113. The van der Waals surface area contributed by atoms with E-state index in [4.69, 9.17) is 16.3 Å². The van der Waals surface area contributed by atoms with Crippen molar-refractivity contribution < 1.29 is 14.3 Å². The van der Waals surface area contributed by atoms with Crippen molar-refractivity contribution in [2.45, 2.75) is 0 Å². The molecule has 0 spiro atoms. The Labute approximate surface area is 162 Å². The normalized spacial score (nSPS) is 10.3. The van der Waals surface area contributed by atoms with E-state index in [2.05, 4.69) is 5.32 Å². The quantitative estimate of drug-likeness (QED) is 0.694. The van der Waals surface area contributed by atoms with E-state index in [1.165, 1.54) is 16.7 Å². The van der Waals surface area contributed by atoms with Gasteiger partial charge in [0.2, 0.25) is 5.91 Å². The van der Waals surface area contributed by atoms with E-state index in [-0.39, 0.29) is 11.8 Å². The van der Waals surface area contributed by atoms with E-state index < -0.39 is 0 Å². The number of hydrogen-bond donors (Lipinski definition) is 1. The van der Waals surface area contributed by atoms with Crippen molar-refractivity contribution in [1.82, 2.24) is 4.90 Å². The third-order valence-corrected chi connectivity index (χ3v) is 4.50. The highest BCUT2D eigenvalue weighted by atomic mass is 35.5. The van der Waals surface area contributed by atoms with E-state index in [0.29, 0.717) is 34.4 Å². The summed E-state index contributed by atoms with van der Waals surface area (Å²) in [4.78, 5) is 25.3. The average molecular weight is 393 g/mol. The SMILES string of the molecule is CN(C)C(=O)c1ccc(NC(=O)CSCCOc2cccc(Cl)c2)cc1. The number of rotatable bonds is 8. The number of carbonyl (C=O) groups is 2. The summed E-state index contributed by atoms with van der Waals surface area (Å²) in [5.74, 6) is 1.57. The van der Waals surface area contributed by atoms with Gasteiger partial charge in [0.05, 0.1) is 12.4 Å². The molecule has 0 bridgehead atoms. The van der Waals surface area contributed by atoms with Crippen LogP contribution in [0.1, 0.15) is 10.4 Å². The minimum Gasteiger partial charge on any atom is -0.493 e. The molecular formula is C19H21ClN2O3S. The fourth-order valence-corrected chi connectivity index (χ4v) is 2.87. The summed E-state index contributed by atoms with van der Waals surface area (Å²) in [5, 5.41) is 3.44. The summed E-state index contributed by atoms with van der Waals surface area (Å²) in [6.45, 7) is 0.500. The zero-order valence-corrected chi connectivity index (χ0v) is 16.3. The van der Waals surface area contributed by atoms with Crippen LogP contribution in [0.5, 0.6) is 5.75 Å². The minimum absolute atomic E-state index is 0.0712. The first-order chi connectivity index (χ1) is 12.5. The Hall–Kier alpha value is -2.18. The minimum atomic E-state index is -0.0931. The van der Waals surface area contributed by atoms with Crippen LogP contribution < -0.4 is 10.1 Å². The molecule has 7 heteroatoms. The maximum atomic E-state index is 12.0. The van der Waals surface area contributed by atoms with E-state index in [0.717, 1.165) is 5.75 Å². The van der Waals surface area contributed by atoms with Crippen LogP contribution in [0.15, 0.2) is 48.5 Å². The van der Waals surface area contributed by atoms with Gasteiger partial charge in [-0.3, -0.25) is 9.59 Å². The summed E-state index contributed by atoms with van der Waals surface area (Å²) < 4.78 is 5.57. The molecule has 1 N–H and O–H groups in total. The molecule has 138 valence electrons. The van der Waals surface area contributed by atoms with Gasteiger partial charge in [-0.15, -0.1) is 11.8 Å². The van der Waals surface area contributed by atoms with Crippen LogP contribution >= 0.6 is 23.4 Å². The lowest BCUT2D eigenvalue weighted by Crippen LogP contribution is -2.21. The summed E-state index contributed by atoms with van der Waals surface area (Å²) in [6.07, 6.45) is 0. The van der Waals surface area contributed by atoms with Gasteiger partial charge in [-0.2, -0.15) is 0 Å². The highest BCUT2D eigenvalue weighted by Gasteiger charge is 2.08. The van der Waals surface area contributed by atoms with Crippen molar-refractivity contribution in [2.75, 3.05) is 37.5 Å². The van der Waals surface area contributed by atoms with Crippen LogP contribution in [0, 0.1) is 0 Å². The molecule has 0 aromatic heterocycles. The van der Waals surface area contributed by atoms with Gasteiger partial charge >= 0.3 is 0 Å². The van der Waals surface area contributed by atoms with E-state index in [1.807, 2.05) is 12.1 Å². The molecule has 0 saturated heterocycles. The van der Waals surface area contributed by atoms with Gasteiger partial charge in [0.25, 0.3) is 5.91 Å². The van der Waals surface area contributed by atoms with Gasteiger partial charge in [-0.1, -0.05) is 17.7 Å². The largest absolute Gasteiger partial charge is 0.493 e. The van der Waals surface area contributed by atoms with Crippen molar-refractivity contribution >= 4 is 40.9 Å². The van der Waals surface area contributed by atoms with Crippen molar-refractivity contribution in [2.24, 2.45) is 0 Å². The Morgan fingerprint density at radius 2 is 1.88 bits per heavy atom. The molecule has 5 nitrogen and oxygen atoms in total. The zero-order chi connectivity index (χ0) is 18.9. The molecule has 2 amide bonds. The number of benzene rings is 2. The maximum absolute atomic E-state index is 12.0. The fourth-order valence-electron chi connectivity index (χ4n) is 2.09. The summed E-state index contributed by atoms with van der Waals surface area (Å²) in [7, 11) is 3.40. The molecule has 0 heterocycles. The number of nitrogens with one attached hydrogen (secondary N) is 1.